The summed E-state index contributed by atoms with van der Waals surface area (Å²) in [7, 11) is 3.43. The Labute approximate surface area is 150 Å². The monoisotopic (exact) mass is 338 g/mol. The van der Waals surface area contributed by atoms with E-state index in [1.807, 2.05) is 43.4 Å². The molecule has 4 heteroatoms. The van der Waals surface area contributed by atoms with Gasteiger partial charge in [-0.15, -0.1) is 0 Å². The van der Waals surface area contributed by atoms with E-state index in [0.717, 1.165) is 18.7 Å². The Kier molecular flexibility index (Phi) is 5.71. The molecule has 1 heterocycles. The predicted octanol–water partition coefficient (Wildman–Crippen LogP) is 3.63. The quantitative estimate of drug-likeness (QED) is 0.806. The highest BCUT2D eigenvalue weighted by molar-refractivity contribution is 5.82. The Morgan fingerprint density at radius 1 is 1.08 bits per heavy atom. The molecular weight excluding hydrogens is 312 g/mol. The van der Waals surface area contributed by atoms with Gasteiger partial charge in [-0.2, -0.15) is 0 Å². The van der Waals surface area contributed by atoms with E-state index in [4.69, 9.17) is 4.74 Å². The van der Waals surface area contributed by atoms with Gasteiger partial charge in [0.2, 0.25) is 0 Å². The van der Waals surface area contributed by atoms with E-state index in [2.05, 4.69) is 23.1 Å². The van der Waals surface area contributed by atoms with E-state index in [1.165, 1.54) is 24.1 Å². The molecule has 0 aliphatic carbocycles. The van der Waals surface area contributed by atoms with Crippen LogP contribution in [-0.4, -0.2) is 38.1 Å². The van der Waals surface area contributed by atoms with Gasteiger partial charge >= 0.3 is 0 Å². The zero-order valence-corrected chi connectivity index (χ0v) is 15.0. The van der Waals surface area contributed by atoms with Crippen LogP contribution in [0.3, 0.4) is 0 Å². The number of nitrogens with zero attached hydrogens (tertiary/aromatic N) is 2. The summed E-state index contributed by atoms with van der Waals surface area (Å²) in [5, 5.41) is 0. The summed E-state index contributed by atoms with van der Waals surface area (Å²) in [6.45, 7) is 2.77. The van der Waals surface area contributed by atoms with Crippen LogP contribution in [0.5, 0.6) is 0 Å². The summed E-state index contributed by atoms with van der Waals surface area (Å²) in [5.74, 6) is -0.0232. The lowest BCUT2D eigenvalue weighted by Crippen LogP contribution is -2.33. The zero-order valence-electron chi connectivity index (χ0n) is 15.0. The Balaban J connectivity index is 1.75. The molecule has 0 saturated carbocycles. The third-order valence-electron chi connectivity index (χ3n) is 4.78. The van der Waals surface area contributed by atoms with Crippen molar-refractivity contribution in [3.63, 3.8) is 0 Å². The third-order valence-corrected chi connectivity index (χ3v) is 4.78. The number of benzene rings is 2. The van der Waals surface area contributed by atoms with Crippen molar-refractivity contribution in [2.45, 2.75) is 25.5 Å². The fraction of sp³-hybridized carbons (Fsp3) is 0.381. The number of carbonyl (C=O) groups excluding carboxylic acids is 1. The van der Waals surface area contributed by atoms with Gasteiger partial charge in [0.25, 0.3) is 5.91 Å². The molecule has 0 bridgehead atoms. The minimum absolute atomic E-state index is 0.0232. The number of hydrogen-bond donors (Lipinski definition) is 0. The van der Waals surface area contributed by atoms with Gasteiger partial charge < -0.3 is 14.5 Å². The molecule has 0 spiro atoms. The van der Waals surface area contributed by atoms with Gasteiger partial charge in [-0.1, -0.05) is 48.5 Å². The van der Waals surface area contributed by atoms with Gasteiger partial charge in [0.15, 0.2) is 6.10 Å². The van der Waals surface area contributed by atoms with E-state index in [9.17, 15) is 4.79 Å². The van der Waals surface area contributed by atoms with Crippen LogP contribution in [0.4, 0.5) is 5.69 Å². The highest BCUT2D eigenvalue weighted by Gasteiger charge is 2.24. The van der Waals surface area contributed by atoms with Crippen molar-refractivity contribution in [3.05, 3.63) is 65.7 Å². The first kappa shape index (κ1) is 17.5. The van der Waals surface area contributed by atoms with E-state index >= 15 is 0 Å². The lowest BCUT2D eigenvalue weighted by Gasteiger charge is -2.26. The van der Waals surface area contributed by atoms with Crippen LogP contribution in [0.1, 0.15) is 30.1 Å². The van der Waals surface area contributed by atoms with Crippen molar-refractivity contribution >= 4 is 11.6 Å². The molecule has 2 aromatic rings. The number of likely N-dealkylation sites (N-methyl/N-ethyl adjacent to an activating group) is 1. The normalized spacial score (nSPS) is 15.2. The fourth-order valence-electron chi connectivity index (χ4n) is 3.45. The summed E-state index contributed by atoms with van der Waals surface area (Å²) in [5.41, 5.74) is 3.31. The van der Waals surface area contributed by atoms with E-state index < -0.39 is 6.10 Å². The smallest absolute Gasteiger partial charge is 0.256 e. The molecule has 0 N–H and O–H groups in total. The van der Waals surface area contributed by atoms with Crippen molar-refractivity contribution < 1.29 is 9.53 Å². The summed E-state index contributed by atoms with van der Waals surface area (Å²) < 4.78 is 5.49. The van der Waals surface area contributed by atoms with E-state index in [0.29, 0.717) is 6.54 Å². The van der Waals surface area contributed by atoms with Crippen molar-refractivity contribution in [2.75, 3.05) is 32.1 Å². The Morgan fingerprint density at radius 2 is 1.72 bits per heavy atom. The number of anilines is 1. The largest absolute Gasteiger partial charge is 0.371 e. The standard InChI is InChI=1S/C21H26N2O2/c1-22(21(24)20(25-2)17-10-4-3-5-11-17)16-18-12-6-7-13-19(18)23-14-8-9-15-23/h3-7,10-13,20H,8-9,14-16H2,1-2H3/t20-/m0/s1. The van der Waals surface area contributed by atoms with Crippen LogP contribution in [0.15, 0.2) is 54.6 Å². The van der Waals surface area contributed by atoms with Crippen molar-refractivity contribution in [1.82, 2.24) is 4.90 Å². The zero-order chi connectivity index (χ0) is 17.6. The maximum absolute atomic E-state index is 12.9. The Bertz CT molecular complexity index is 696. The molecule has 1 fully saturated rings. The number of methoxy groups -OCH3 is 1. The molecule has 2 aromatic carbocycles. The van der Waals surface area contributed by atoms with Crippen molar-refractivity contribution in [2.24, 2.45) is 0 Å². The summed E-state index contributed by atoms with van der Waals surface area (Å²) >= 11 is 0. The van der Waals surface area contributed by atoms with Crippen LogP contribution in [0.25, 0.3) is 0 Å². The molecule has 1 aliphatic rings. The molecule has 0 aromatic heterocycles. The molecular formula is C21H26N2O2. The van der Waals surface area contributed by atoms with Crippen molar-refractivity contribution in [3.8, 4) is 0 Å². The van der Waals surface area contributed by atoms with Crippen LogP contribution in [-0.2, 0) is 16.1 Å². The second-order valence-corrected chi connectivity index (χ2v) is 6.54. The SMILES string of the molecule is CO[C@H](C(=O)N(C)Cc1ccccc1N1CCCC1)c1ccccc1. The maximum atomic E-state index is 12.9. The molecule has 4 nitrogen and oxygen atoms in total. The average molecular weight is 338 g/mol. The number of amides is 1. The molecule has 1 aliphatic heterocycles. The highest BCUT2D eigenvalue weighted by atomic mass is 16.5. The highest BCUT2D eigenvalue weighted by Crippen LogP contribution is 2.26. The molecule has 0 radical (unpaired) electrons. The third kappa shape index (κ3) is 4.02. The van der Waals surface area contributed by atoms with Gasteiger partial charge in [-0.05, 0) is 30.0 Å². The fourth-order valence-corrected chi connectivity index (χ4v) is 3.45. The first-order valence-electron chi connectivity index (χ1n) is 8.86. The van der Waals surface area contributed by atoms with Gasteiger partial charge in [0.1, 0.15) is 0 Å². The van der Waals surface area contributed by atoms with Gasteiger partial charge in [0.05, 0.1) is 0 Å². The summed E-state index contributed by atoms with van der Waals surface area (Å²) in [6.07, 6.45) is 1.91. The second kappa shape index (κ2) is 8.17. The van der Waals surface area contributed by atoms with E-state index in [1.54, 1.807) is 12.0 Å². The summed E-state index contributed by atoms with van der Waals surface area (Å²) in [4.78, 5) is 17.1. The van der Waals surface area contributed by atoms with Crippen LogP contribution in [0, 0.1) is 0 Å². The Hall–Kier alpha value is -2.33. The second-order valence-electron chi connectivity index (χ2n) is 6.54. The molecule has 132 valence electrons. The average Bonchev–Trinajstić information content (AvgIpc) is 3.18. The van der Waals surface area contributed by atoms with Crippen LogP contribution in [0.2, 0.25) is 0 Å². The van der Waals surface area contributed by atoms with Gasteiger partial charge in [-0.3, -0.25) is 4.79 Å². The number of ether oxygens (including phenoxy) is 1. The molecule has 1 atom stereocenters. The number of hydrogen-bond acceptors (Lipinski definition) is 3. The van der Waals surface area contributed by atoms with Gasteiger partial charge in [0, 0.05) is 39.5 Å². The minimum atomic E-state index is -0.565. The summed E-state index contributed by atoms with van der Waals surface area (Å²) in [6, 6.07) is 18.0. The van der Waals surface area contributed by atoms with Gasteiger partial charge in [-0.25, -0.2) is 0 Å². The van der Waals surface area contributed by atoms with Crippen LogP contribution < -0.4 is 4.90 Å². The van der Waals surface area contributed by atoms with Crippen molar-refractivity contribution in [1.29, 1.82) is 0 Å². The Morgan fingerprint density at radius 3 is 2.40 bits per heavy atom. The molecule has 3 rings (SSSR count). The predicted molar refractivity (Wildman–Crippen MR) is 101 cm³/mol. The molecule has 1 saturated heterocycles. The lowest BCUT2D eigenvalue weighted by molar-refractivity contribution is -0.141. The molecule has 0 unspecified atom stereocenters. The number of carbonyl (C=O) groups is 1. The van der Waals surface area contributed by atoms with E-state index in [-0.39, 0.29) is 5.91 Å². The minimum Gasteiger partial charge on any atom is -0.371 e. The number of rotatable bonds is 6. The molecule has 1 amide bonds. The van der Waals surface area contributed by atoms with Crippen LogP contribution >= 0.6 is 0 Å². The first-order chi connectivity index (χ1) is 12.2. The topological polar surface area (TPSA) is 32.8 Å². The first-order valence-corrected chi connectivity index (χ1v) is 8.86. The number of para-hydroxylation sites is 1. The lowest BCUT2D eigenvalue weighted by atomic mass is 10.1. The maximum Gasteiger partial charge on any atom is 0.256 e. The molecule has 25 heavy (non-hydrogen) atoms.